The fraction of sp³-hybridized carbons (Fsp3) is 0.333. The summed E-state index contributed by atoms with van der Waals surface area (Å²) in [6.45, 7) is 4.17. The number of nitrogens with one attached hydrogen (secondary N) is 1. The number of carbonyl (C=O) groups excluding carboxylic acids is 1. The van der Waals surface area contributed by atoms with Gasteiger partial charge in [-0.3, -0.25) is 10.1 Å². The highest BCUT2D eigenvalue weighted by Crippen LogP contribution is 2.38. The van der Waals surface area contributed by atoms with Crippen molar-refractivity contribution in [1.82, 2.24) is 9.36 Å². The van der Waals surface area contributed by atoms with Gasteiger partial charge in [0.25, 0.3) is 5.91 Å². The number of benzene rings is 1. The maximum Gasteiger partial charge on any atom is 0.306 e. The van der Waals surface area contributed by atoms with Gasteiger partial charge in [-0.05, 0) is 45.6 Å². The quantitative estimate of drug-likeness (QED) is 0.215. The van der Waals surface area contributed by atoms with Crippen LogP contribution in [0.2, 0.25) is 0 Å². The molecule has 1 aromatic heterocycles. The second kappa shape index (κ2) is 10.9. The Hall–Kier alpha value is -2.14. The van der Waals surface area contributed by atoms with E-state index in [-0.39, 0.29) is 26.7 Å². The third-order valence-corrected chi connectivity index (χ3v) is 6.41. The van der Waals surface area contributed by atoms with Crippen molar-refractivity contribution in [3.8, 4) is 17.6 Å². The highest BCUT2D eigenvalue weighted by atomic mass is 79.9. The van der Waals surface area contributed by atoms with Crippen molar-refractivity contribution in [3.63, 3.8) is 0 Å². The minimum atomic E-state index is -3.78. The number of rotatable bonds is 9. The first-order valence-corrected chi connectivity index (χ1v) is 13.1. The molecule has 2 aromatic rings. The first-order chi connectivity index (χ1) is 14.5. The first kappa shape index (κ1) is 25.1. The van der Waals surface area contributed by atoms with Crippen LogP contribution in [0.3, 0.4) is 0 Å². The van der Waals surface area contributed by atoms with Crippen molar-refractivity contribution < 1.29 is 22.1 Å². The summed E-state index contributed by atoms with van der Waals surface area (Å²) in [5.41, 5.74) is 0.235. The summed E-state index contributed by atoms with van der Waals surface area (Å²) >= 11 is 5.74. The zero-order chi connectivity index (χ0) is 23.2. The van der Waals surface area contributed by atoms with Crippen LogP contribution < -0.4 is 14.2 Å². The summed E-state index contributed by atoms with van der Waals surface area (Å²) in [7, 11) is -2.44. The van der Waals surface area contributed by atoms with Crippen LogP contribution in [0.15, 0.2) is 27.3 Å². The van der Waals surface area contributed by atoms with E-state index < -0.39 is 16.0 Å². The predicted octanol–water partition coefficient (Wildman–Crippen LogP) is 3.94. The predicted molar refractivity (Wildman–Crippen MR) is 124 cm³/mol. The number of amides is 1. The summed E-state index contributed by atoms with van der Waals surface area (Å²) in [5.74, 6) is 0.754. The molecule has 0 aliphatic rings. The Balaban J connectivity index is 2.23. The number of nitriles is 1. The van der Waals surface area contributed by atoms with Gasteiger partial charge < -0.3 is 8.92 Å². The number of hydrogen-bond donors (Lipinski definition) is 1. The number of nitrogens with zero attached hydrogens (tertiary/aromatic N) is 3. The number of methoxy groups -OCH3 is 1. The van der Waals surface area contributed by atoms with Crippen LogP contribution >= 0.6 is 39.2 Å². The molecule has 0 atom stereocenters. The van der Waals surface area contributed by atoms with E-state index in [1.54, 1.807) is 0 Å². The van der Waals surface area contributed by atoms with Crippen molar-refractivity contribution >= 4 is 66.5 Å². The molecule has 2 rings (SSSR count). The molecule has 13 heteroatoms. The van der Waals surface area contributed by atoms with Crippen LogP contribution in [-0.4, -0.2) is 42.8 Å². The lowest BCUT2D eigenvalue weighted by Crippen LogP contribution is -2.13. The molecule has 1 aromatic carbocycles. The summed E-state index contributed by atoms with van der Waals surface area (Å²) in [6, 6.07) is 4.79. The highest BCUT2D eigenvalue weighted by molar-refractivity contribution is 9.10. The molecule has 0 aliphatic heterocycles. The maximum atomic E-state index is 12.5. The number of aromatic nitrogens is 2. The van der Waals surface area contributed by atoms with Gasteiger partial charge in [0.15, 0.2) is 11.5 Å². The van der Waals surface area contributed by atoms with Gasteiger partial charge in [-0.15, -0.1) is 0 Å². The van der Waals surface area contributed by atoms with Crippen molar-refractivity contribution in [2.24, 2.45) is 5.92 Å². The molecule has 31 heavy (non-hydrogen) atoms. The molecule has 0 fully saturated rings. The van der Waals surface area contributed by atoms with Gasteiger partial charge in [-0.25, -0.2) is 0 Å². The van der Waals surface area contributed by atoms with Crippen molar-refractivity contribution in [2.45, 2.75) is 19.0 Å². The van der Waals surface area contributed by atoms with Crippen molar-refractivity contribution in [1.29, 1.82) is 5.26 Å². The van der Waals surface area contributed by atoms with E-state index in [2.05, 4.69) is 44.5 Å². The molecule has 0 unspecified atom stereocenters. The molecule has 1 amide bonds. The van der Waals surface area contributed by atoms with E-state index in [9.17, 15) is 18.5 Å². The Labute approximate surface area is 197 Å². The molecule has 0 radical (unpaired) electrons. The van der Waals surface area contributed by atoms with Crippen LogP contribution in [0.5, 0.6) is 11.5 Å². The van der Waals surface area contributed by atoms with Gasteiger partial charge in [-0.2, -0.15) is 23.0 Å². The lowest BCUT2D eigenvalue weighted by atomic mass is 10.1. The Morgan fingerprint density at radius 3 is 2.74 bits per heavy atom. The molecule has 166 valence electrons. The Bertz CT molecular complexity index is 1140. The van der Waals surface area contributed by atoms with E-state index in [0.29, 0.717) is 16.6 Å². The third-order valence-electron chi connectivity index (χ3n) is 3.34. The molecule has 9 nitrogen and oxygen atoms in total. The number of thioether (sulfide) groups is 1. The van der Waals surface area contributed by atoms with Gasteiger partial charge in [0, 0.05) is 17.3 Å². The number of ether oxygens (including phenoxy) is 1. The normalized spacial score (nSPS) is 11.8. The lowest BCUT2D eigenvalue weighted by molar-refractivity contribution is -0.112. The fourth-order valence-corrected chi connectivity index (χ4v) is 4.71. The molecule has 0 saturated heterocycles. The third kappa shape index (κ3) is 7.80. The summed E-state index contributed by atoms with van der Waals surface area (Å²) in [5, 5.41) is 12.8. The van der Waals surface area contributed by atoms with Crippen LogP contribution in [0.4, 0.5) is 5.13 Å². The van der Waals surface area contributed by atoms with Crippen LogP contribution in [0.1, 0.15) is 19.4 Å². The molecule has 0 bridgehead atoms. The van der Waals surface area contributed by atoms with E-state index >= 15 is 0 Å². The van der Waals surface area contributed by atoms with Gasteiger partial charge in [0.1, 0.15) is 11.6 Å². The second-order valence-electron chi connectivity index (χ2n) is 6.53. The molecule has 0 spiro atoms. The summed E-state index contributed by atoms with van der Waals surface area (Å²) in [6.07, 6.45) is 2.24. The van der Waals surface area contributed by atoms with E-state index in [0.717, 1.165) is 23.5 Å². The Kier molecular flexibility index (Phi) is 8.87. The molecule has 1 heterocycles. The molecule has 0 saturated carbocycles. The van der Waals surface area contributed by atoms with Crippen molar-refractivity contribution in [3.05, 3.63) is 27.7 Å². The molecular formula is C18H19BrN4O5S3. The Morgan fingerprint density at radius 2 is 2.16 bits per heavy atom. The molecular weight excluding hydrogens is 528 g/mol. The van der Waals surface area contributed by atoms with E-state index in [1.165, 1.54) is 37.1 Å². The van der Waals surface area contributed by atoms with Crippen molar-refractivity contribution in [2.75, 3.05) is 24.4 Å². The van der Waals surface area contributed by atoms with Crippen LogP contribution in [0, 0.1) is 17.2 Å². The minimum absolute atomic E-state index is 0.0367. The monoisotopic (exact) mass is 546 g/mol. The molecule has 0 aliphatic carbocycles. The topological polar surface area (TPSA) is 131 Å². The van der Waals surface area contributed by atoms with E-state index in [4.69, 9.17) is 8.92 Å². The summed E-state index contributed by atoms with van der Waals surface area (Å²) < 4.78 is 37.5. The van der Waals surface area contributed by atoms with E-state index in [1.807, 2.05) is 6.07 Å². The number of carbonyl (C=O) groups is 1. The standard InChI is InChI=1S/C18H19BrN4O5S3/c1-10(2)9-29-18-22-17(30-23-18)21-16(24)12(8-20)5-11-6-13(19)15(14(7-11)27-3)28-31(4,25)26/h5-7,10H,9H2,1-4H3,(H,21,22,23,24). The number of halogens is 1. The Morgan fingerprint density at radius 1 is 1.45 bits per heavy atom. The lowest BCUT2D eigenvalue weighted by Gasteiger charge is -2.11. The average Bonchev–Trinajstić information content (AvgIpc) is 3.12. The fourth-order valence-electron chi connectivity index (χ4n) is 2.10. The van der Waals surface area contributed by atoms with Gasteiger partial charge in [-0.1, -0.05) is 25.6 Å². The van der Waals surface area contributed by atoms with Gasteiger partial charge in [0.2, 0.25) is 10.3 Å². The number of anilines is 1. The zero-order valence-corrected chi connectivity index (χ0v) is 21.0. The first-order valence-electron chi connectivity index (χ1n) is 8.69. The van der Waals surface area contributed by atoms with Gasteiger partial charge >= 0.3 is 10.1 Å². The zero-order valence-electron chi connectivity index (χ0n) is 17.0. The SMILES string of the molecule is COc1cc(C=C(C#N)C(=O)Nc2nc(SCC(C)C)ns2)cc(Br)c1OS(C)(=O)=O. The largest absolute Gasteiger partial charge is 0.493 e. The highest BCUT2D eigenvalue weighted by Gasteiger charge is 2.18. The second-order valence-corrected chi connectivity index (χ2v) is 10.7. The van der Waals surface area contributed by atoms with Crippen LogP contribution in [-0.2, 0) is 14.9 Å². The van der Waals surface area contributed by atoms with Gasteiger partial charge in [0.05, 0.1) is 17.8 Å². The number of hydrogen-bond acceptors (Lipinski definition) is 10. The smallest absolute Gasteiger partial charge is 0.306 e. The average molecular weight is 547 g/mol. The maximum absolute atomic E-state index is 12.5. The minimum Gasteiger partial charge on any atom is -0.493 e. The molecule has 1 N–H and O–H groups in total. The summed E-state index contributed by atoms with van der Waals surface area (Å²) in [4.78, 5) is 16.7. The van der Waals surface area contributed by atoms with Crippen LogP contribution in [0.25, 0.3) is 6.08 Å².